The molecule has 0 spiro atoms. The first-order valence-electron chi connectivity index (χ1n) is 14.7. The summed E-state index contributed by atoms with van der Waals surface area (Å²) in [5, 5.41) is 3.61. The highest BCUT2D eigenvalue weighted by atomic mass is 35.5. The molecule has 0 heterocycles. The Labute approximate surface area is 260 Å². The maximum Gasteiger partial charge on any atom is 0.264 e. The van der Waals surface area contributed by atoms with Crippen molar-refractivity contribution in [2.24, 2.45) is 0 Å². The molecule has 3 aromatic rings. The average Bonchev–Trinajstić information content (AvgIpc) is 3.01. The van der Waals surface area contributed by atoms with E-state index in [-0.39, 0.29) is 29.1 Å². The molecule has 1 aliphatic rings. The second-order valence-corrected chi connectivity index (χ2v) is 13.2. The molecule has 3 aromatic carbocycles. The van der Waals surface area contributed by atoms with Crippen molar-refractivity contribution in [2.45, 2.75) is 75.9 Å². The van der Waals surface area contributed by atoms with Gasteiger partial charge in [-0.25, -0.2) is 8.42 Å². The largest absolute Gasteiger partial charge is 0.495 e. The summed E-state index contributed by atoms with van der Waals surface area (Å²) in [4.78, 5) is 29.5. The first kappa shape index (κ1) is 32.4. The van der Waals surface area contributed by atoms with Gasteiger partial charge in [-0.05, 0) is 67.6 Å². The standard InChI is InChI=1S/C33H40ClN3O5S/c1-4-29(33(39)35-26-14-7-5-8-15-26)36(22-25-13-11-12-18-28(25)34)32(38)23-37(30-21-24(2)19-20-31(30)42-3)43(40,41)27-16-9-6-10-17-27/h6,9-13,16-21,26,29H,4-5,7-8,14-15,22-23H2,1-3H3,(H,35,39)/t29-/m1/s1. The molecule has 0 radical (unpaired) electrons. The first-order chi connectivity index (χ1) is 20.6. The Balaban J connectivity index is 1.76. The van der Waals surface area contributed by atoms with Crippen LogP contribution < -0.4 is 14.4 Å². The molecule has 1 aliphatic carbocycles. The minimum absolute atomic E-state index is 0.0334. The molecule has 0 bridgehead atoms. The van der Waals surface area contributed by atoms with E-state index in [1.165, 1.54) is 24.1 Å². The number of anilines is 1. The second kappa shape index (κ2) is 14.8. The van der Waals surface area contributed by atoms with Crippen LogP contribution >= 0.6 is 11.6 Å². The quantitative estimate of drug-likeness (QED) is 0.262. The number of methoxy groups -OCH3 is 1. The van der Waals surface area contributed by atoms with Gasteiger partial charge >= 0.3 is 0 Å². The lowest BCUT2D eigenvalue weighted by Crippen LogP contribution is -2.54. The normalized spacial score (nSPS) is 14.5. The van der Waals surface area contributed by atoms with Crippen LogP contribution in [-0.2, 0) is 26.2 Å². The summed E-state index contributed by atoms with van der Waals surface area (Å²) in [5.74, 6) is -0.480. The van der Waals surface area contributed by atoms with Crippen molar-refractivity contribution in [3.8, 4) is 5.75 Å². The molecule has 1 fully saturated rings. The lowest BCUT2D eigenvalue weighted by Gasteiger charge is -2.35. The highest BCUT2D eigenvalue weighted by molar-refractivity contribution is 7.92. The van der Waals surface area contributed by atoms with Gasteiger partial charge in [0, 0.05) is 17.6 Å². The Bertz CT molecular complexity index is 1510. The van der Waals surface area contributed by atoms with Crippen LogP contribution in [0.2, 0.25) is 5.02 Å². The summed E-state index contributed by atoms with van der Waals surface area (Å²) < 4.78 is 34.9. The number of hydrogen-bond donors (Lipinski definition) is 1. The summed E-state index contributed by atoms with van der Waals surface area (Å²) in [6.07, 6.45) is 5.39. The monoisotopic (exact) mass is 625 g/mol. The van der Waals surface area contributed by atoms with Crippen molar-refractivity contribution in [3.05, 3.63) is 88.9 Å². The number of sulfonamides is 1. The fraction of sp³-hybridized carbons (Fsp3) is 0.394. The smallest absolute Gasteiger partial charge is 0.264 e. The Morgan fingerprint density at radius 1 is 1.00 bits per heavy atom. The topological polar surface area (TPSA) is 96.0 Å². The van der Waals surface area contributed by atoms with E-state index in [1.54, 1.807) is 48.5 Å². The number of nitrogens with one attached hydrogen (secondary N) is 1. The number of halogens is 1. The van der Waals surface area contributed by atoms with E-state index < -0.39 is 28.5 Å². The van der Waals surface area contributed by atoms with Gasteiger partial charge in [-0.3, -0.25) is 13.9 Å². The molecule has 2 amide bonds. The average molecular weight is 626 g/mol. The minimum Gasteiger partial charge on any atom is -0.495 e. The van der Waals surface area contributed by atoms with Gasteiger partial charge in [0.1, 0.15) is 18.3 Å². The molecular formula is C33H40ClN3O5S. The van der Waals surface area contributed by atoms with Crippen LogP contribution in [0, 0.1) is 6.92 Å². The molecule has 1 atom stereocenters. The third kappa shape index (κ3) is 7.89. The number of hydrogen-bond acceptors (Lipinski definition) is 5. The molecule has 1 N–H and O–H groups in total. The molecular weight excluding hydrogens is 586 g/mol. The molecule has 4 rings (SSSR count). The van der Waals surface area contributed by atoms with E-state index in [2.05, 4.69) is 5.32 Å². The zero-order chi connectivity index (χ0) is 31.0. The molecule has 43 heavy (non-hydrogen) atoms. The lowest BCUT2D eigenvalue weighted by atomic mass is 9.95. The predicted molar refractivity (Wildman–Crippen MR) is 170 cm³/mol. The fourth-order valence-corrected chi connectivity index (χ4v) is 7.13. The predicted octanol–water partition coefficient (Wildman–Crippen LogP) is 6.11. The summed E-state index contributed by atoms with van der Waals surface area (Å²) >= 11 is 6.51. The molecule has 0 aliphatic heterocycles. The summed E-state index contributed by atoms with van der Waals surface area (Å²) in [6, 6.07) is 19.5. The maximum atomic E-state index is 14.4. The van der Waals surface area contributed by atoms with Gasteiger partial charge in [-0.15, -0.1) is 0 Å². The third-order valence-corrected chi connectivity index (χ3v) is 9.99. The Hall–Kier alpha value is -3.56. The van der Waals surface area contributed by atoms with E-state index in [0.29, 0.717) is 22.8 Å². The molecule has 8 nitrogen and oxygen atoms in total. The Morgan fingerprint density at radius 3 is 2.33 bits per heavy atom. The SMILES string of the molecule is CC[C@H](C(=O)NC1CCCCC1)N(Cc1ccccc1Cl)C(=O)CN(c1cc(C)ccc1OC)S(=O)(=O)c1ccccc1. The molecule has 230 valence electrons. The van der Waals surface area contributed by atoms with Crippen molar-refractivity contribution < 1.29 is 22.7 Å². The zero-order valence-electron chi connectivity index (χ0n) is 25.0. The van der Waals surface area contributed by atoms with Gasteiger partial charge in [-0.2, -0.15) is 0 Å². The van der Waals surface area contributed by atoms with Crippen LogP contribution in [0.5, 0.6) is 5.75 Å². The first-order valence-corrected chi connectivity index (χ1v) is 16.5. The highest BCUT2D eigenvalue weighted by Crippen LogP contribution is 2.34. The number of carbonyl (C=O) groups excluding carboxylic acids is 2. The number of aryl methyl sites for hydroxylation is 1. The van der Waals surface area contributed by atoms with E-state index in [0.717, 1.165) is 42.0 Å². The van der Waals surface area contributed by atoms with E-state index in [4.69, 9.17) is 16.3 Å². The van der Waals surface area contributed by atoms with Crippen molar-refractivity contribution in [1.29, 1.82) is 0 Å². The third-order valence-electron chi connectivity index (χ3n) is 7.85. The van der Waals surface area contributed by atoms with Crippen molar-refractivity contribution in [1.82, 2.24) is 10.2 Å². The van der Waals surface area contributed by atoms with Crippen LogP contribution in [0.1, 0.15) is 56.6 Å². The number of amides is 2. The fourth-order valence-electron chi connectivity index (χ4n) is 5.50. The zero-order valence-corrected chi connectivity index (χ0v) is 26.5. The van der Waals surface area contributed by atoms with Gasteiger partial charge in [-0.1, -0.05) is 80.3 Å². The summed E-state index contributed by atoms with van der Waals surface area (Å²) in [6.45, 7) is 3.18. The summed E-state index contributed by atoms with van der Waals surface area (Å²) in [5.41, 5.74) is 1.69. The van der Waals surface area contributed by atoms with Crippen LogP contribution in [-0.4, -0.2) is 50.9 Å². The minimum atomic E-state index is -4.21. The van der Waals surface area contributed by atoms with Crippen LogP contribution in [0.15, 0.2) is 77.7 Å². The lowest BCUT2D eigenvalue weighted by molar-refractivity contribution is -0.140. The van der Waals surface area contributed by atoms with Crippen LogP contribution in [0.3, 0.4) is 0 Å². The van der Waals surface area contributed by atoms with Gasteiger partial charge in [0.25, 0.3) is 10.0 Å². The molecule has 0 saturated heterocycles. The van der Waals surface area contributed by atoms with E-state index in [9.17, 15) is 18.0 Å². The van der Waals surface area contributed by atoms with E-state index >= 15 is 0 Å². The number of carbonyl (C=O) groups is 2. The Kier molecular flexibility index (Phi) is 11.1. The van der Waals surface area contributed by atoms with Gasteiger partial charge in [0.05, 0.1) is 17.7 Å². The molecule has 0 unspecified atom stereocenters. The van der Waals surface area contributed by atoms with Crippen LogP contribution in [0.25, 0.3) is 0 Å². The Morgan fingerprint density at radius 2 is 1.67 bits per heavy atom. The second-order valence-electron chi connectivity index (χ2n) is 10.9. The number of ether oxygens (including phenoxy) is 1. The van der Waals surface area contributed by atoms with E-state index in [1.807, 2.05) is 26.0 Å². The number of benzene rings is 3. The maximum absolute atomic E-state index is 14.4. The highest BCUT2D eigenvalue weighted by Gasteiger charge is 2.35. The molecule has 1 saturated carbocycles. The molecule has 0 aromatic heterocycles. The van der Waals surface area contributed by atoms with Crippen LogP contribution in [0.4, 0.5) is 5.69 Å². The number of nitrogens with zero attached hydrogens (tertiary/aromatic N) is 2. The van der Waals surface area contributed by atoms with Crippen molar-refractivity contribution in [3.63, 3.8) is 0 Å². The number of rotatable bonds is 12. The van der Waals surface area contributed by atoms with Crippen molar-refractivity contribution in [2.75, 3.05) is 18.0 Å². The van der Waals surface area contributed by atoms with Crippen molar-refractivity contribution >= 4 is 39.1 Å². The van der Waals surface area contributed by atoms with Gasteiger partial charge < -0.3 is 15.0 Å². The van der Waals surface area contributed by atoms with Gasteiger partial charge in [0.15, 0.2) is 0 Å². The molecule has 10 heteroatoms. The van der Waals surface area contributed by atoms with Gasteiger partial charge in [0.2, 0.25) is 11.8 Å². The summed E-state index contributed by atoms with van der Waals surface area (Å²) in [7, 11) is -2.76.